The quantitative estimate of drug-likeness (QED) is 0.364. The van der Waals surface area contributed by atoms with E-state index in [1.807, 2.05) is 13.0 Å². The van der Waals surface area contributed by atoms with Crippen LogP contribution in [-0.2, 0) is 21.1 Å². The Morgan fingerprint density at radius 3 is 2.24 bits per heavy atom. The highest BCUT2D eigenvalue weighted by atomic mass is 35.5. The molecule has 0 aromatic heterocycles. The molecule has 0 saturated heterocycles. The van der Waals surface area contributed by atoms with Crippen LogP contribution in [0.5, 0.6) is 5.75 Å². The van der Waals surface area contributed by atoms with Crippen LogP contribution in [0.15, 0.2) is 82.6 Å². The Labute approximate surface area is 203 Å². The predicted molar refractivity (Wildman–Crippen MR) is 129 cm³/mol. The molecule has 3 aromatic rings. The molecule has 0 amide bonds. The van der Waals surface area contributed by atoms with Crippen molar-refractivity contribution in [1.29, 1.82) is 0 Å². The van der Waals surface area contributed by atoms with E-state index < -0.39 is 28.5 Å². The number of ether oxygens (including phenoxy) is 1. The average Bonchev–Trinajstić information content (AvgIpc) is 2.82. The van der Waals surface area contributed by atoms with Crippen molar-refractivity contribution in [2.75, 3.05) is 13.2 Å². The van der Waals surface area contributed by atoms with E-state index in [1.165, 1.54) is 24.3 Å². The summed E-state index contributed by atoms with van der Waals surface area (Å²) in [6.07, 6.45) is -0.0346. The van der Waals surface area contributed by atoms with E-state index in [9.17, 15) is 18.3 Å². The Morgan fingerprint density at radius 2 is 1.65 bits per heavy atom. The molecular formula is C25H26ClNO6S. The number of halogens is 1. The third-order valence-corrected chi connectivity index (χ3v) is 7.19. The van der Waals surface area contributed by atoms with Crippen LogP contribution in [0.3, 0.4) is 0 Å². The molecule has 7 nitrogen and oxygen atoms in total. The second-order valence-electron chi connectivity index (χ2n) is 7.89. The van der Waals surface area contributed by atoms with Crippen molar-refractivity contribution in [1.82, 2.24) is 5.32 Å². The van der Waals surface area contributed by atoms with Gasteiger partial charge in [-0.25, -0.2) is 13.2 Å². The van der Waals surface area contributed by atoms with Gasteiger partial charge < -0.3 is 20.3 Å². The van der Waals surface area contributed by atoms with E-state index >= 15 is 0 Å². The molecule has 3 rings (SSSR count). The van der Waals surface area contributed by atoms with Crippen LogP contribution in [0.2, 0.25) is 5.02 Å². The number of aliphatic carboxylic acids is 1. The minimum Gasteiger partial charge on any atom is -0.482 e. The monoisotopic (exact) mass is 503 g/mol. The molecule has 0 aliphatic carbocycles. The number of carbonyl (C=O) groups is 1. The summed E-state index contributed by atoms with van der Waals surface area (Å²) >= 11 is 5.97. The molecule has 180 valence electrons. The fraction of sp³-hybridized carbons (Fsp3) is 0.240. The maximum absolute atomic E-state index is 12.9. The third kappa shape index (κ3) is 7.04. The Morgan fingerprint density at radius 1 is 1.03 bits per heavy atom. The number of carboxylic acid groups (broad SMARTS) is 1. The number of aliphatic hydroxyl groups is 1. The average molecular weight is 504 g/mol. The van der Waals surface area contributed by atoms with E-state index in [0.29, 0.717) is 18.0 Å². The zero-order valence-electron chi connectivity index (χ0n) is 18.5. The zero-order chi connectivity index (χ0) is 24.7. The van der Waals surface area contributed by atoms with Crippen molar-refractivity contribution in [3.8, 4) is 5.75 Å². The highest BCUT2D eigenvalue weighted by Gasteiger charge is 2.18. The van der Waals surface area contributed by atoms with E-state index in [-0.39, 0.29) is 21.6 Å². The lowest BCUT2D eigenvalue weighted by molar-refractivity contribution is -0.139. The third-order valence-electron chi connectivity index (χ3n) is 5.16. The topological polar surface area (TPSA) is 113 Å². The number of benzene rings is 3. The van der Waals surface area contributed by atoms with Crippen LogP contribution in [0.25, 0.3) is 0 Å². The molecule has 0 spiro atoms. The van der Waals surface area contributed by atoms with Crippen molar-refractivity contribution in [2.24, 2.45) is 0 Å². The minimum atomic E-state index is -3.72. The first-order valence-corrected chi connectivity index (χ1v) is 12.5. The first-order valence-electron chi connectivity index (χ1n) is 10.6. The smallest absolute Gasteiger partial charge is 0.341 e. The standard InChI is InChI=1S/C25H26ClNO6S/c1-17(27-15-24(28)19-3-2-4-20(26)14-19)13-18-5-9-22(10-6-18)34(31,32)23-11-7-21(8-12-23)33-16-25(29)30/h2-12,14,17,24,27-28H,13,15-16H2,1H3,(H,29,30)/t17-,24+/m1/s1. The molecule has 0 radical (unpaired) electrons. The van der Waals surface area contributed by atoms with Gasteiger partial charge in [-0.3, -0.25) is 0 Å². The van der Waals surface area contributed by atoms with Crippen molar-refractivity contribution in [3.63, 3.8) is 0 Å². The molecule has 0 aliphatic rings. The lowest BCUT2D eigenvalue weighted by atomic mass is 10.1. The van der Waals surface area contributed by atoms with Gasteiger partial charge in [-0.1, -0.05) is 35.9 Å². The van der Waals surface area contributed by atoms with Gasteiger partial charge >= 0.3 is 5.97 Å². The lowest BCUT2D eigenvalue weighted by Crippen LogP contribution is -2.32. The van der Waals surface area contributed by atoms with Crippen LogP contribution >= 0.6 is 11.6 Å². The lowest BCUT2D eigenvalue weighted by Gasteiger charge is -2.18. The summed E-state index contributed by atoms with van der Waals surface area (Å²) in [6.45, 7) is 1.85. The summed E-state index contributed by atoms with van der Waals surface area (Å²) in [5, 5.41) is 22.9. The molecule has 2 atom stereocenters. The van der Waals surface area contributed by atoms with Crippen LogP contribution < -0.4 is 10.1 Å². The maximum Gasteiger partial charge on any atom is 0.341 e. The first kappa shape index (κ1) is 25.7. The molecule has 0 bridgehead atoms. The number of sulfone groups is 1. The Kier molecular flexibility index (Phi) is 8.68. The summed E-state index contributed by atoms with van der Waals surface area (Å²) in [4.78, 5) is 10.8. The van der Waals surface area contributed by atoms with E-state index in [1.54, 1.807) is 42.5 Å². The molecular weight excluding hydrogens is 478 g/mol. The molecule has 0 aliphatic heterocycles. The van der Waals surface area contributed by atoms with Crippen LogP contribution in [-0.4, -0.2) is 43.8 Å². The summed E-state index contributed by atoms with van der Waals surface area (Å²) in [6, 6.07) is 19.4. The fourth-order valence-electron chi connectivity index (χ4n) is 3.37. The van der Waals surface area contributed by atoms with Gasteiger partial charge in [0.15, 0.2) is 6.61 Å². The number of rotatable bonds is 11. The molecule has 34 heavy (non-hydrogen) atoms. The number of aliphatic hydroxyl groups excluding tert-OH is 1. The van der Waals surface area contributed by atoms with Gasteiger partial charge in [0, 0.05) is 17.6 Å². The molecule has 3 aromatic carbocycles. The summed E-state index contributed by atoms with van der Waals surface area (Å²) in [5.74, 6) is -0.836. The van der Waals surface area contributed by atoms with E-state index in [0.717, 1.165) is 11.1 Å². The van der Waals surface area contributed by atoms with Gasteiger partial charge in [0.05, 0.1) is 15.9 Å². The number of carboxylic acids is 1. The molecule has 0 fully saturated rings. The second-order valence-corrected chi connectivity index (χ2v) is 10.3. The largest absolute Gasteiger partial charge is 0.482 e. The summed E-state index contributed by atoms with van der Waals surface area (Å²) < 4.78 is 30.8. The summed E-state index contributed by atoms with van der Waals surface area (Å²) in [5.41, 5.74) is 1.69. The first-order chi connectivity index (χ1) is 16.1. The fourth-order valence-corrected chi connectivity index (χ4v) is 4.83. The van der Waals surface area contributed by atoms with Gasteiger partial charge in [-0.15, -0.1) is 0 Å². The highest BCUT2D eigenvalue weighted by molar-refractivity contribution is 7.91. The van der Waals surface area contributed by atoms with Crippen molar-refractivity contribution in [2.45, 2.75) is 35.3 Å². The molecule has 0 heterocycles. The molecule has 0 saturated carbocycles. The van der Waals surface area contributed by atoms with Crippen molar-refractivity contribution < 1.29 is 28.2 Å². The van der Waals surface area contributed by atoms with Crippen molar-refractivity contribution >= 4 is 27.4 Å². The normalized spacial score (nSPS) is 13.3. The SMILES string of the molecule is C[C@H](Cc1ccc(S(=O)(=O)c2ccc(OCC(=O)O)cc2)cc1)NC[C@H](O)c1cccc(Cl)c1. The number of nitrogens with one attached hydrogen (secondary N) is 1. The summed E-state index contributed by atoms with van der Waals surface area (Å²) in [7, 11) is -3.72. The van der Waals surface area contributed by atoms with Crippen LogP contribution in [0, 0.1) is 0 Å². The van der Waals surface area contributed by atoms with Crippen LogP contribution in [0.1, 0.15) is 24.2 Å². The zero-order valence-corrected chi connectivity index (χ0v) is 20.1. The minimum absolute atomic E-state index is 0.0506. The van der Waals surface area contributed by atoms with Gasteiger partial charge in [0.1, 0.15) is 5.75 Å². The van der Waals surface area contributed by atoms with Crippen LogP contribution in [0.4, 0.5) is 0 Å². The Hall–Kier alpha value is -2.91. The van der Waals surface area contributed by atoms with Gasteiger partial charge in [-0.2, -0.15) is 0 Å². The molecule has 0 unspecified atom stereocenters. The Balaban J connectivity index is 1.57. The van der Waals surface area contributed by atoms with Gasteiger partial charge in [0.2, 0.25) is 9.84 Å². The van der Waals surface area contributed by atoms with Gasteiger partial charge in [0.25, 0.3) is 0 Å². The number of hydrogen-bond acceptors (Lipinski definition) is 6. The molecule has 3 N–H and O–H groups in total. The van der Waals surface area contributed by atoms with E-state index in [4.69, 9.17) is 21.4 Å². The van der Waals surface area contributed by atoms with E-state index in [2.05, 4.69) is 5.32 Å². The van der Waals surface area contributed by atoms with Crippen molar-refractivity contribution in [3.05, 3.63) is 88.9 Å². The number of hydrogen-bond donors (Lipinski definition) is 3. The Bertz CT molecular complexity index is 1210. The van der Waals surface area contributed by atoms with Gasteiger partial charge in [-0.05, 0) is 73.0 Å². The predicted octanol–water partition coefficient (Wildman–Crippen LogP) is 3.89. The molecule has 9 heteroatoms. The second kappa shape index (κ2) is 11.5. The maximum atomic E-state index is 12.9. The highest BCUT2D eigenvalue weighted by Crippen LogP contribution is 2.24.